The minimum Gasteiger partial charge on any atom is -0.378 e. The lowest BCUT2D eigenvalue weighted by molar-refractivity contribution is -0.135. The van der Waals surface area contributed by atoms with Gasteiger partial charge in [-0.25, -0.2) is 4.79 Å². The van der Waals surface area contributed by atoms with Crippen LogP contribution in [0, 0.1) is 0 Å². The van der Waals surface area contributed by atoms with Crippen molar-refractivity contribution in [2.45, 2.75) is 26.3 Å². The number of hydrogen-bond donors (Lipinski definition) is 2. The van der Waals surface area contributed by atoms with Crippen molar-refractivity contribution < 1.29 is 14.3 Å². The number of nitrogens with zero attached hydrogens (tertiary/aromatic N) is 1. The van der Waals surface area contributed by atoms with Gasteiger partial charge in [0, 0.05) is 32.1 Å². The van der Waals surface area contributed by atoms with Gasteiger partial charge in [-0.15, -0.1) is 0 Å². The Bertz CT molecular complexity index is 263. The second kappa shape index (κ2) is 7.11. The molecule has 1 rings (SSSR count). The van der Waals surface area contributed by atoms with E-state index >= 15 is 0 Å². The summed E-state index contributed by atoms with van der Waals surface area (Å²) < 4.78 is 5.16. The van der Waals surface area contributed by atoms with E-state index in [-0.39, 0.29) is 18.0 Å². The number of carbonyl (C=O) groups is 2. The first-order chi connectivity index (χ1) is 8.09. The standard InChI is InChI=1S/C11H21N3O3/c1-9(2)13-11(16)12-4-3-10(15)14-5-7-17-8-6-14/h9H,3-8H2,1-2H3,(H2,12,13,16). The Hall–Kier alpha value is -1.30. The molecule has 0 aromatic heterocycles. The molecule has 1 aliphatic heterocycles. The molecule has 1 saturated heterocycles. The first-order valence-corrected chi connectivity index (χ1v) is 5.99. The summed E-state index contributed by atoms with van der Waals surface area (Å²) in [5, 5.41) is 5.36. The van der Waals surface area contributed by atoms with Gasteiger partial charge in [0.05, 0.1) is 13.2 Å². The van der Waals surface area contributed by atoms with Crippen molar-refractivity contribution in [1.29, 1.82) is 0 Å². The van der Waals surface area contributed by atoms with Crippen LogP contribution in [0.3, 0.4) is 0 Å². The monoisotopic (exact) mass is 243 g/mol. The third-order valence-corrected chi connectivity index (χ3v) is 2.41. The number of amides is 3. The first kappa shape index (κ1) is 13.8. The zero-order valence-electron chi connectivity index (χ0n) is 10.5. The van der Waals surface area contributed by atoms with Crippen LogP contribution >= 0.6 is 0 Å². The maximum Gasteiger partial charge on any atom is 0.315 e. The number of hydrogen-bond acceptors (Lipinski definition) is 3. The summed E-state index contributed by atoms with van der Waals surface area (Å²) in [6.45, 7) is 6.65. The smallest absolute Gasteiger partial charge is 0.315 e. The summed E-state index contributed by atoms with van der Waals surface area (Å²) in [4.78, 5) is 24.7. The molecular weight excluding hydrogens is 222 g/mol. The molecule has 0 saturated carbocycles. The summed E-state index contributed by atoms with van der Waals surface area (Å²) >= 11 is 0. The Kier molecular flexibility index (Phi) is 5.76. The number of nitrogens with one attached hydrogen (secondary N) is 2. The van der Waals surface area contributed by atoms with Gasteiger partial charge < -0.3 is 20.3 Å². The van der Waals surface area contributed by atoms with Gasteiger partial charge in [0.25, 0.3) is 0 Å². The highest BCUT2D eigenvalue weighted by Gasteiger charge is 2.16. The van der Waals surface area contributed by atoms with Crippen LogP contribution in [0.2, 0.25) is 0 Å². The van der Waals surface area contributed by atoms with Gasteiger partial charge in [-0.2, -0.15) is 0 Å². The second-order valence-electron chi connectivity index (χ2n) is 4.30. The van der Waals surface area contributed by atoms with Crippen molar-refractivity contribution in [2.75, 3.05) is 32.8 Å². The molecule has 0 aliphatic carbocycles. The van der Waals surface area contributed by atoms with Crippen LogP contribution in [-0.2, 0) is 9.53 Å². The Balaban J connectivity index is 2.13. The molecule has 98 valence electrons. The maximum atomic E-state index is 11.7. The van der Waals surface area contributed by atoms with Gasteiger partial charge in [-0.1, -0.05) is 0 Å². The van der Waals surface area contributed by atoms with Crippen molar-refractivity contribution >= 4 is 11.9 Å². The van der Waals surface area contributed by atoms with E-state index in [1.807, 2.05) is 13.8 Å². The zero-order valence-corrected chi connectivity index (χ0v) is 10.5. The van der Waals surface area contributed by atoms with Crippen LogP contribution < -0.4 is 10.6 Å². The molecular formula is C11H21N3O3. The molecule has 17 heavy (non-hydrogen) atoms. The Morgan fingerprint density at radius 1 is 1.29 bits per heavy atom. The van der Waals surface area contributed by atoms with Crippen LogP contribution in [0.5, 0.6) is 0 Å². The third-order valence-electron chi connectivity index (χ3n) is 2.41. The van der Waals surface area contributed by atoms with Gasteiger partial charge in [0.1, 0.15) is 0 Å². The molecule has 0 aromatic carbocycles. The average molecular weight is 243 g/mol. The van der Waals surface area contributed by atoms with Crippen LogP contribution in [0.25, 0.3) is 0 Å². The topological polar surface area (TPSA) is 70.7 Å². The number of rotatable bonds is 4. The maximum absolute atomic E-state index is 11.7. The van der Waals surface area contributed by atoms with Crippen molar-refractivity contribution in [3.05, 3.63) is 0 Å². The molecule has 0 unspecified atom stereocenters. The van der Waals surface area contributed by atoms with Gasteiger partial charge in [-0.3, -0.25) is 4.79 Å². The fourth-order valence-electron chi connectivity index (χ4n) is 1.57. The molecule has 1 fully saturated rings. The molecule has 0 spiro atoms. The lowest BCUT2D eigenvalue weighted by atomic mass is 10.3. The second-order valence-corrected chi connectivity index (χ2v) is 4.30. The molecule has 0 bridgehead atoms. The number of carbonyl (C=O) groups excluding carboxylic acids is 2. The van der Waals surface area contributed by atoms with E-state index in [0.717, 1.165) is 0 Å². The predicted molar refractivity (Wildman–Crippen MR) is 63.7 cm³/mol. The summed E-state index contributed by atoms with van der Waals surface area (Å²) in [6, 6.07) is -0.125. The largest absolute Gasteiger partial charge is 0.378 e. The van der Waals surface area contributed by atoms with E-state index in [9.17, 15) is 9.59 Å². The normalized spacial score (nSPS) is 15.8. The highest BCUT2D eigenvalue weighted by molar-refractivity contribution is 5.78. The summed E-state index contributed by atoms with van der Waals surface area (Å²) in [6.07, 6.45) is 0.339. The van der Waals surface area contributed by atoms with Crippen LogP contribution in [0.1, 0.15) is 20.3 Å². The SMILES string of the molecule is CC(C)NC(=O)NCCC(=O)N1CCOCC1. The van der Waals surface area contributed by atoms with Gasteiger partial charge in [-0.05, 0) is 13.8 Å². The highest BCUT2D eigenvalue weighted by Crippen LogP contribution is 1.99. The van der Waals surface area contributed by atoms with Crippen molar-refractivity contribution in [3.8, 4) is 0 Å². The Morgan fingerprint density at radius 2 is 1.94 bits per heavy atom. The molecule has 3 amide bonds. The minimum atomic E-state index is -0.227. The predicted octanol–water partition coefficient (Wildman–Crippen LogP) is -0.0571. The fourth-order valence-corrected chi connectivity index (χ4v) is 1.57. The van der Waals surface area contributed by atoms with E-state index in [0.29, 0.717) is 39.3 Å². The Morgan fingerprint density at radius 3 is 2.53 bits per heavy atom. The average Bonchev–Trinajstić information content (AvgIpc) is 2.29. The van der Waals surface area contributed by atoms with E-state index in [1.54, 1.807) is 4.90 Å². The lowest BCUT2D eigenvalue weighted by Gasteiger charge is -2.26. The van der Waals surface area contributed by atoms with Crippen LogP contribution in [0.4, 0.5) is 4.79 Å². The van der Waals surface area contributed by atoms with E-state index in [2.05, 4.69) is 10.6 Å². The van der Waals surface area contributed by atoms with Crippen LogP contribution in [0.15, 0.2) is 0 Å². The van der Waals surface area contributed by atoms with Crippen molar-refractivity contribution in [2.24, 2.45) is 0 Å². The van der Waals surface area contributed by atoms with Gasteiger partial charge in [0.2, 0.25) is 5.91 Å². The Labute approximate surface area is 102 Å². The van der Waals surface area contributed by atoms with Crippen molar-refractivity contribution in [3.63, 3.8) is 0 Å². The summed E-state index contributed by atoms with van der Waals surface area (Å²) in [7, 11) is 0. The molecule has 0 aromatic rings. The minimum absolute atomic E-state index is 0.0677. The highest BCUT2D eigenvalue weighted by atomic mass is 16.5. The molecule has 0 atom stereocenters. The van der Waals surface area contributed by atoms with E-state index in [4.69, 9.17) is 4.74 Å². The summed E-state index contributed by atoms with van der Waals surface area (Å²) in [5.41, 5.74) is 0. The van der Waals surface area contributed by atoms with E-state index < -0.39 is 0 Å². The molecule has 2 N–H and O–H groups in total. The number of morpholine rings is 1. The van der Waals surface area contributed by atoms with Crippen LogP contribution in [-0.4, -0.2) is 55.7 Å². The molecule has 1 heterocycles. The first-order valence-electron chi connectivity index (χ1n) is 5.99. The van der Waals surface area contributed by atoms with Gasteiger partial charge in [0.15, 0.2) is 0 Å². The quantitative estimate of drug-likeness (QED) is 0.727. The number of ether oxygens (including phenoxy) is 1. The van der Waals surface area contributed by atoms with Crippen molar-refractivity contribution in [1.82, 2.24) is 15.5 Å². The summed E-state index contributed by atoms with van der Waals surface area (Å²) in [5.74, 6) is 0.0677. The van der Waals surface area contributed by atoms with Gasteiger partial charge >= 0.3 is 6.03 Å². The fraction of sp³-hybridized carbons (Fsp3) is 0.818. The zero-order chi connectivity index (χ0) is 12.7. The molecule has 6 heteroatoms. The molecule has 1 aliphatic rings. The lowest BCUT2D eigenvalue weighted by Crippen LogP contribution is -2.43. The third kappa shape index (κ3) is 5.53. The number of urea groups is 1. The van der Waals surface area contributed by atoms with E-state index in [1.165, 1.54) is 0 Å². The molecule has 0 radical (unpaired) electrons. The molecule has 6 nitrogen and oxygen atoms in total.